The zero-order valence-electron chi connectivity index (χ0n) is 38.3. The minimum Gasteiger partial charge on any atom is -0.362 e. The molecule has 14 nitrogen and oxygen atoms in total. The number of nitrogens with one attached hydrogen (secondary N) is 2. The van der Waals surface area contributed by atoms with Crippen LogP contribution in [0.3, 0.4) is 0 Å². The summed E-state index contributed by atoms with van der Waals surface area (Å²) in [6, 6.07) is 42.5. The lowest BCUT2D eigenvalue weighted by atomic mass is 10.1. The van der Waals surface area contributed by atoms with Crippen LogP contribution in [0.1, 0.15) is 54.6 Å². The molecular weight excluding hydrogens is 908 g/mol. The maximum absolute atomic E-state index is 12.8. The standard InChI is InChI=1S/C27H24ClN7O.C26H22ClN5O/c1-35(2)26-23(15-22-16-29-34-33-22)25(28)31-24(32-26)13-17-7-11-21(12-8-17)30-27(36)20-10-9-18-5-3-4-6-19(18)14-20;1-28-16-22-24(27)30-23(31-25(22)32(2)3)14-17-8-12-21(13-9-17)29-26(33)20-11-10-18-6-4-5-7-19(18)15-20/h3-12,14H,13,15-16H2,1-2H3,(H,30,36);4-13,15H,14,16H2,2-3H3,(H,29,33). The molecule has 0 aliphatic carbocycles. The van der Waals surface area contributed by atoms with Gasteiger partial charge < -0.3 is 25.3 Å². The SMILES string of the molecule is CN(C)c1nc(Cc2ccc(NC(=O)c3ccc4ccccc4c3)cc2)nc(Cl)c1CC1=NN=NC1.[C-]#[N+]Cc1c(Cl)nc(Cc2ccc(NC(=O)c3ccc4ccccc4c3)cc2)nc1N(C)C. The Hall–Kier alpha value is -8.12. The predicted octanol–water partition coefficient (Wildman–Crippen LogP) is 11.2. The Bertz CT molecular complexity index is 3300. The number of carbonyl (C=O) groups excluding carboxylic acids is 2. The molecule has 344 valence electrons. The van der Waals surface area contributed by atoms with Gasteiger partial charge in [0, 0.05) is 75.5 Å². The second kappa shape index (κ2) is 21.7. The van der Waals surface area contributed by atoms with Crippen molar-refractivity contribution >= 4 is 85.3 Å². The van der Waals surface area contributed by atoms with Crippen LogP contribution in [0.4, 0.5) is 23.0 Å². The Morgan fingerprint density at radius 2 is 1.03 bits per heavy atom. The number of hydrogen-bond donors (Lipinski definition) is 2. The third-order valence-corrected chi connectivity index (χ3v) is 11.7. The van der Waals surface area contributed by atoms with E-state index >= 15 is 0 Å². The molecule has 0 radical (unpaired) electrons. The second-order valence-corrected chi connectivity index (χ2v) is 17.3. The third-order valence-electron chi connectivity index (χ3n) is 11.1. The zero-order chi connectivity index (χ0) is 48.4. The largest absolute Gasteiger partial charge is 0.362 e. The molecule has 69 heavy (non-hydrogen) atoms. The molecule has 2 N–H and O–H groups in total. The predicted molar refractivity (Wildman–Crippen MR) is 276 cm³/mol. The molecule has 0 saturated heterocycles. The number of amides is 2. The quantitative estimate of drug-likeness (QED) is 0.0854. The smallest absolute Gasteiger partial charge is 0.255 e. The summed E-state index contributed by atoms with van der Waals surface area (Å²) in [7, 11) is 7.57. The van der Waals surface area contributed by atoms with Crippen LogP contribution >= 0.6 is 23.2 Å². The van der Waals surface area contributed by atoms with Gasteiger partial charge in [0.15, 0.2) is 0 Å². The molecule has 8 aromatic rings. The van der Waals surface area contributed by atoms with Crippen LogP contribution in [0.25, 0.3) is 26.4 Å². The summed E-state index contributed by atoms with van der Waals surface area (Å²) in [6.45, 7) is 7.73. The molecule has 0 atom stereocenters. The van der Waals surface area contributed by atoms with Gasteiger partial charge in [-0.05, 0) is 86.4 Å². The molecule has 3 heterocycles. The number of carbonyl (C=O) groups is 2. The van der Waals surface area contributed by atoms with E-state index in [1.165, 1.54) is 0 Å². The van der Waals surface area contributed by atoms with Crippen molar-refractivity contribution in [1.82, 2.24) is 19.9 Å². The van der Waals surface area contributed by atoms with Crippen LogP contribution in [-0.2, 0) is 25.8 Å². The van der Waals surface area contributed by atoms with Crippen LogP contribution in [-0.4, -0.2) is 72.2 Å². The van der Waals surface area contributed by atoms with E-state index in [0.29, 0.717) is 81.6 Å². The van der Waals surface area contributed by atoms with E-state index in [9.17, 15) is 9.59 Å². The molecule has 0 fully saturated rings. The minimum atomic E-state index is -0.158. The first-order valence-corrected chi connectivity index (χ1v) is 22.6. The Morgan fingerprint density at radius 3 is 1.46 bits per heavy atom. The number of nitrogens with zero attached hydrogens (tertiary/aromatic N) is 10. The minimum absolute atomic E-state index is 0.137. The molecule has 0 unspecified atom stereocenters. The van der Waals surface area contributed by atoms with Gasteiger partial charge in [0.1, 0.15) is 45.7 Å². The fourth-order valence-electron chi connectivity index (χ4n) is 7.62. The van der Waals surface area contributed by atoms with Crippen LogP contribution in [0.2, 0.25) is 10.3 Å². The molecule has 6 aromatic carbocycles. The molecular formula is C53H46Cl2N12O2. The summed E-state index contributed by atoms with van der Waals surface area (Å²) in [4.78, 5) is 50.9. The van der Waals surface area contributed by atoms with Crippen LogP contribution in [0, 0.1) is 6.57 Å². The molecule has 0 spiro atoms. The molecule has 9 rings (SSSR count). The van der Waals surface area contributed by atoms with Gasteiger partial charge in [0.25, 0.3) is 11.8 Å². The number of hydrogen-bond acceptors (Lipinski definition) is 11. The van der Waals surface area contributed by atoms with E-state index in [4.69, 9.17) is 34.8 Å². The molecule has 16 heteroatoms. The van der Waals surface area contributed by atoms with E-state index in [0.717, 1.165) is 49.8 Å². The molecule has 2 aromatic heterocycles. The van der Waals surface area contributed by atoms with E-state index < -0.39 is 0 Å². The highest BCUT2D eigenvalue weighted by molar-refractivity contribution is 6.31. The van der Waals surface area contributed by atoms with Gasteiger partial charge in [-0.1, -0.05) is 108 Å². The van der Waals surface area contributed by atoms with Gasteiger partial charge in [-0.2, -0.15) is 5.11 Å². The highest BCUT2D eigenvalue weighted by Crippen LogP contribution is 2.28. The Morgan fingerprint density at radius 1 is 0.580 bits per heavy atom. The van der Waals surface area contributed by atoms with E-state index in [1.807, 2.05) is 171 Å². The van der Waals surface area contributed by atoms with Crippen molar-refractivity contribution in [3.63, 3.8) is 0 Å². The Balaban J connectivity index is 0.000000187. The van der Waals surface area contributed by atoms with Gasteiger partial charge in [0.2, 0.25) is 6.54 Å². The first kappa shape index (κ1) is 47.4. The van der Waals surface area contributed by atoms with Gasteiger partial charge in [-0.15, -0.1) is 5.10 Å². The lowest BCUT2D eigenvalue weighted by Gasteiger charge is -2.18. The van der Waals surface area contributed by atoms with Crippen LogP contribution in [0.15, 0.2) is 149 Å². The maximum atomic E-state index is 12.8. The second-order valence-electron chi connectivity index (χ2n) is 16.6. The van der Waals surface area contributed by atoms with Crippen molar-refractivity contribution in [2.24, 2.45) is 15.4 Å². The summed E-state index contributed by atoms with van der Waals surface area (Å²) >= 11 is 12.9. The van der Waals surface area contributed by atoms with Gasteiger partial charge >= 0.3 is 0 Å². The van der Waals surface area contributed by atoms with E-state index in [-0.39, 0.29) is 18.4 Å². The fraction of sp³-hybridized carbons (Fsp3) is 0.170. The average Bonchev–Trinajstić information content (AvgIpc) is 3.87. The number of benzene rings is 6. The fourth-order valence-corrected chi connectivity index (χ4v) is 8.11. The first-order valence-electron chi connectivity index (χ1n) is 21.9. The van der Waals surface area contributed by atoms with Crippen molar-refractivity contribution in [1.29, 1.82) is 0 Å². The summed E-state index contributed by atoms with van der Waals surface area (Å²) in [5, 5.41) is 22.5. The maximum Gasteiger partial charge on any atom is 0.255 e. The number of rotatable bonds is 13. The van der Waals surface area contributed by atoms with Gasteiger partial charge in [-0.3, -0.25) is 9.59 Å². The first-order chi connectivity index (χ1) is 33.4. The van der Waals surface area contributed by atoms with Crippen LogP contribution < -0.4 is 20.4 Å². The van der Waals surface area contributed by atoms with Crippen molar-refractivity contribution < 1.29 is 9.59 Å². The summed E-state index contributed by atoms with van der Waals surface area (Å²) in [5.74, 6) is 2.28. The topological polar surface area (TPSA) is 158 Å². The van der Waals surface area contributed by atoms with Crippen LogP contribution in [0.5, 0.6) is 0 Å². The molecule has 1 aliphatic rings. The Kier molecular flexibility index (Phi) is 14.9. The Labute approximate surface area is 409 Å². The van der Waals surface area contributed by atoms with Crippen molar-refractivity contribution in [2.45, 2.75) is 25.8 Å². The zero-order valence-corrected chi connectivity index (χ0v) is 39.8. The lowest BCUT2D eigenvalue weighted by Crippen LogP contribution is -2.18. The highest BCUT2D eigenvalue weighted by atomic mass is 35.5. The molecule has 0 saturated carbocycles. The number of anilines is 4. The van der Waals surface area contributed by atoms with Crippen molar-refractivity contribution in [2.75, 3.05) is 55.2 Å². The van der Waals surface area contributed by atoms with Crippen molar-refractivity contribution in [3.8, 4) is 0 Å². The number of fused-ring (bicyclic) bond motifs is 2. The summed E-state index contributed by atoms with van der Waals surface area (Å²) in [5.41, 5.74) is 6.90. The van der Waals surface area contributed by atoms with E-state index in [2.05, 4.69) is 45.9 Å². The monoisotopic (exact) mass is 952 g/mol. The average molecular weight is 954 g/mol. The van der Waals surface area contributed by atoms with Gasteiger partial charge in [0.05, 0.1) is 5.71 Å². The van der Waals surface area contributed by atoms with E-state index in [1.54, 1.807) is 0 Å². The summed E-state index contributed by atoms with van der Waals surface area (Å²) in [6.07, 6.45) is 1.49. The third kappa shape index (κ3) is 11.9. The number of aromatic nitrogens is 4. The molecule has 2 amide bonds. The highest BCUT2D eigenvalue weighted by Gasteiger charge is 2.20. The molecule has 1 aliphatic heterocycles. The van der Waals surface area contributed by atoms with Gasteiger partial charge in [-0.25, -0.2) is 26.5 Å². The van der Waals surface area contributed by atoms with Crippen molar-refractivity contribution in [3.05, 3.63) is 200 Å². The summed E-state index contributed by atoms with van der Waals surface area (Å²) < 4.78 is 0. The lowest BCUT2D eigenvalue weighted by molar-refractivity contribution is 0.101. The normalized spacial score (nSPS) is 11.6. The molecule has 0 bridgehead atoms. The number of halogens is 2.